The fourth-order valence-corrected chi connectivity index (χ4v) is 1.78. The van der Waals surface area contributed by atoms with E-state index in [1.807, 2.05) is 13.0 Å². The van der Waals surface area contributed by atoms with Gasteiger partial charge in [0.1, 0.15) is 5.82 Å². The Morgan fingerprint density at radius 2 is 2.21 bits per heavy atom. The molecule has 14 heavy (non-hydrogen) atoms. The second-order valence-corrected chi connectivity index (χ2v) is 3.84. The third-order valence-electron chi connectivity index (χ3n) is 2.77. The standard InChI is InChI=1S/C11H14FNO/c1-8(13-6-11(14)7-13)9-3-2-4-10(12)5-9/h2-5,8,11,14H,6-7H2,1H3. The van der Waals surface area contributed by atoms with Crippen molar-refractivity contribution >= 4 is 0 Å². The number of nitrogens with zero attached hydrogens (tertiary/aromatic N) is 1. The first kappa shape index (κ1) is 9.62. The average molecular weight is 195 g/mol. The molecule has 0 aromatic heterocycles. The highest BCUT2D eigenvalue weighted by atomic mass is 19.1. The van der Waals surface area contributed by atoms with Crippen molar-refractivity contribution < 1.29 is 9.50 Å². The van der Waals surface area contributed by atoms with Gasteiger partial charge in [-0.3, -0.25) is 4.90 Å². The average Bonchev–Trinajstić information content (AvgIpc) is 2.12. The van der Waals surface area contributed by atoms with E-state index >= 15 is 0 Å². The van der Waals surface area contributed by atoms with Gasteiger partial charge in [-0.05, 0) is 24.6 Å². The zero-order valence-electron chi connectivity index (χ0n) is 8.15. The molecule has 0 saturated carbocycles. The first-order valence-corrected chi connectivity index (χ1v) is 4.84. The number of β-amino-alcohol motifs (C(OH)–C–C–N with tert-alkyl or cyclic N) is 1. The summed E-state index contributed by atoms with van der Waals surface area (Å²) in [4.78, 5) is 2.12. The van der Waals surface area contributed by atoms with Crippen molar-refractivity contribution in [1.29, 1.82) is 0 Å². The van der Waals surface area contributed by atoms with Gasteiger partial charge in [0.25, 0.3) is 0 Å². The maximum atomic E-state index is 12.9. The van der Waals surface area contributed by atoms with Gasteiger partial charge in [0.05, 0.1) is 6.10 Å². The normalized spacial score (nSPS) is 20.5. The lowest BCUT2D eigenvalue weighted by molar-refractivity contribution is -0.0211. The van der Waals surface area contributed by atoms with E-state index in [2.05, 4.69) is 4.90 Å². The quantitative estimate of drug-likeness (QED) is 0.774. The van der Waals surface area contributed by atoms with Crippen LogP contribution in [0, 0.1) is 5.82 Å². The lowest BCUT2D eigenvalue weighted by Gasteiger charge is -2.40. The smallest absolute Gasteiger partial charge is 0.123 e. The summed E-state index contributed by atoms with van der Waals surface area (Å²) in [7, 11) is 0. The summed E-state index contributed by atoms with van der Waals surface area (Å²) in [5.41, 5.74) is 0.969. The van der Waals surface area contributed by atoms with Crippen LogP contribution in [0.2, 0.25) is 0 Å². The van der Waals surface area contributed by atoms with Crippen LogP contribution in [0.4, 0.5) is 4.39 Å². The molecule has 1 atom stereocenters. The van der Waals surface area contributed by atoms with E-state index in [4.69, 9.17) is 5.11 Å². The van der Waals surface area contributed by atoms with E-state index in [0.29, 0.717) is 13.1 Å². The number of benzene rings is 1. The van der Waals surface area contributed by atoms with Crippen LogP contribution in [-0.4, -0.2) is 29.2 Å². The largest absolute Gasteiger partial charge is 0.390 e. The number of halogens is 1. The topological polar surface area (TPSA) is 23.5 Å². The molecular weight excluding hydrogens is 181 g/mol. The number of likely N-dealkylation sites (tertiary alicyclic amines) is 1. The Balaban J connectivity index is 2.07. The van der Waals surface area contributed by atoms with E-state index in [-0.39, 0.29) is 18.0 Å². The minimum absolute atomic E-state index is 0.189. The molecule has 1 fully saturated rings. The van der Waals surface area contributed by atoms with Crippen molar-refractivity contribution in [1.82, 2.24) is 4.90 Å². The zero-order valence-corrected chi connectivity index (χ0v) is 8.15. The predicted octanol–water partition coefficient (Wildman–Crippen LogP) is 1.56. The van der Waals surface area contributed by atoms with E-state index in [1.54, 1.807) is 12.1 Å². The van der Waals surface area contributed by atoms with Gasteiger partial charge in [0.15, 0.2) is 0 Å². The molecule has 1 aromatic carbocycles. The summed E-state index contributed by atoms with van der Waals surface area (Å²) in [5.74, 6) is -0.199. The van der Waals surface area contributed by atoms with Crippen molar-refractivity contribution in [2.75, 3.05) is 13.1 Å². The molecule has 1 N–H and O–H groups in total. The molecule has 0 aliphatic carbocycles. The van der Waals surface area contributed by atoms with Crippen LogP contribution in [0.1, 0.15) is 18.5 Å². The third kappa shape index (κ3) is 1.79. The summed E-state index contributed by atoms with van der Waals surface area (Å²) in [6.07, 6.45) is -0.203. The van der Waals surface area contributed by atoms with E-state index in [9.17, 15) is 4.39 Å². The van der Waals surface area contributed by atoms with E-state index in [1.165, 1.54) is 6.07 Å². The maximum Gasteiger partial charge on any atom is 0.123 e. The zero-order chi connectivity index (χ0) is 10.1. The lowest BCUT2D eigenvalue weighted by atomic mass is 10.0. The van der Waals surface area contributed by atoms with Crippen LogP contribution in [0.25, 0.3) is 0 Å². The molecule has 1 heterocycles. The fraction of sp³-hybridized carbons (Fsp3) is 0.455. The molecule has 1 aromatic rings. The Bertz CT molecular complexity index is 323. The van der Waals surface area contributed by atoms with Crippen molar-refractivity contribution in [3.8, 4) is 0 Å². The number of rotatable bonds is 2. The van der Waals surface area contributed by atoms with Gasteiger partial charge in [0, 0.05) is 19.1 Å². The molecule has 3 heteroatoms. The molecule has 0 spiro atoms. The molecule has 0 amide bonds. The molecular formula is C11H14FNO. The third-order valence-corrected chi connectivity index (χ3v) is 2.77. The van der Waals surface area contributed by atoms with Crippen LogP contribution >= 0.6 is 0 Å². The summed E-state index contributed by atoms with van der Waals surface area (Å²) in [6, 6.07) is 6.82. The van der Waals surface area contributed by atoms with Crippen LogP contribution < -0.4 is 0 Å². The Morgan fingerprint density at radius 1 is 1.50 bits per heavy atom. The molecule has 1 aliphatic heterocycles. The van der Waals surface area contributed by atoms with Crippen molar-refractivity contribution in [3.63, 3.8) is 0 Å². The van der Waals surface area contributed by atoms with Crippen molar-refractivity contribution in [2.45, 2.75) is 19.1 Å². The highest BCUT2D eigenvalue weighted by molar-refractivity contribution is 5.20. The fourth-order valence-electron chi connectivity index (χ4n) is 1.78. The van der Waals surface area contributed by atoms with Gasteiger partial charge in [-0.1, -0.05) is 12.1 Å². The Labute approximate surface area is 83.0 Å². The van der Waals surface area contributed by atoms with Crippen molar-refractivity contribution in [3.05, 3.63) is 35.6 Å². The van der Waals surface area contributed by atoms with Gasteiger partial charge in [0.2, 0.25) is 0 Å². The number of hydrogen-bond acceptors (Lipinski definition) is 2. The minimum atomic E-state index is -0.203. The van der Waals surface area contributed by atoms with Crippen LogP contribution in [0.15, 0.2) is 24.3 Å². The predicted molar refractivity (Wildman–Crippen MR) is 52.4 cm³/mol. The van der Waals surface area contributed by atoms with Gasteiger partial charge < -0.3 is 5.11 Å². The number of aliphatic hydroxyl groups is 1. The lowest BCUT2D eigenvalue weighted by Crippen LogP contribution is -2.51. The van der Waals surface area contributed by atoms with Gasteiger partial charge >= 0.3 is 0 Å². The monoisotopic (exact) mass is 195 g/mol. The van der Waals surface area contributed by atoms with Crippen LogP contribution in [0.5, 0.6) is 0 Å². The maximum absolute atomic E-state index is 12.9. The van der Waals surface area contributed by atoms with E-state index in [0.717, 1.165) is 5.56 Å². The van der Waals surface area contributed by atoms with Gasteiger partial charge in [-0.25, -0.2) is 4.39 Å². The summed E-state index contributed by atoms with van der Waals surface area (Å²) >= 11 is 0. The highest BCUT2D eigenvalue weighted by Crippen LogP contribution is 2.25. The first-order valence-electron chi connectivity index (χ1n) is 4.84. The molecule has 1 aliphatic rings. The number of aliphatic hydroxyl groups excluding tert-OH is 1. The van der Waals surface area contributed by atoms with Crippen LogP contribution in [0.3, 0.4) is 0 Å². The second kappa shape index (κ2) is 3.67. The molecule has 2 rings (SSSR count). The molecule has 1 saturated heterocycles. The molecule has 1 unspecified atom stereocenters. The molecule has 76 valence electrons. The number of hydrogen-bond donors (Lipinski definition) is 1. The molecule has 2 nitrogen and oxygen atoms in total. The van der Waals surface area contributed by atoms with Crippen LogP contribution in [-0.2, 0) is 0 Å². The second-order valence-electron chi connectivity index (χ2n) is 3.84. The van der Waals surface area contributed by atoms with Crippen molar-refractivity contribution in [2.24, 2.45) is 0 Å². The summed E-state index contributed by atoms with van der Waals surface area (Å²) < 4.78 is 12.9. The summed E-state index contributed by atoms with van der Waals surface area (Å²) in [6.45, 7) is 3.41. The molecule has 0 bridgehead atoms. The Morgan fingerprint density at radius 3 is 2.79 bits per heavy atom. The van der Waals surface area contributed by atoms with Gasteiger partial charge in [-0.2, -0.15) is 0 Å². The van der Waals surface area contributed by atoms with E-state index < -0.39 is 0 Å². The Kier molecular flexibility index (Phi) is 2.52. The molecule has 0 radical (unpaired) electrons. The van der Waals surface area contributed by atoms with Gasteiger partial charge in [-0.15, -0.1) is 0 Å². The first-order chi connectivity index (χ1) is 6.66. The minimum Gasteiger partial charge on any atom is -0.390 e. The SMILES string of the molecule is CC(c1cccc(F)c1)N1CC(O)C1. The highest BCUT2D eigenvalue weighted by Gasteiger charge is 2.29. The summed E-state index contributed by atoms with van der Waals surface area (Å²) in [5, 5.41) is 9.15. The Hall–Kier alpha value is -0.930.